The van der Waals surface area contributed by atoms with Crippen LogP contribution in [0, 0.1) is 0 Å². The van der Waals surface area contributed by atoms with Crippen LogP contribution in [0.3, 0.4) is 0 Å². The Morgan fingerprint density at radius 3 is 2.56 bits per heavy atom. The number of para-hydroxylation sites is 2. The molecule has 0 bridgehead atoms. The Kier molecular flexibility index (Phi) is 3.40. The van der Waals surface area contributed by atoms with Crippen molar-refractivity contribution in [3.63, 3.8) is 0 Å². The molecule has 5 nitrogen and oxygen atoms in total. The van der Waals surface area contributed by atoms with Crippen LogP contribution in [-0.2, 0) is 6.42 Å². The highest BCUT2D eigenvalue weighted by Crippen LogP contribution is 2.37. The zero-order chi connectivity index (χ0) is 18.4. The van der Waals surface area contributed by atoms with E-state index in [1.54, 1.807) is 30.5 Å². The summed E-state index contributed by atoms with van der Waals surface area (Å²) in [6, 6.07) is 20.4. The zero-order valence-electron chi connectivity index (χ0n) is 14.3. The molecule has 2 aromatic heterocycles. The molecule has 0 saturated carbocycles. The molecule has 0 aliphatic carbocycles. The van der Waals surface area contributed by atoms with Gasteiger partial charge in [-0.1, -0.05) is 36.4 Å². The van der Waals surface area contributed by atoms with E-state index in [-0.39, 0.29) is 11.7 Å². The fourth-order valence-electron chi connectivity index (χ4n) is 3.57. The maximum atomic E-state index is 13.3. The predicted molar refractivity (Wildman–Crippen MR) is 104 cm³/mol. The summed E-state index contributed by atoms with van der Waals surface area (Å²) in [4.78, 5) is 22.1. The quantitative estimate of drug-likeness (QED) is 0.590. The smallest absolute Gasteiger partial charge is 0.281 e. The first-order valence-electron chi connectivity index (χ1n) is 8.68. The van der Waals surface area contributed by atoms with Crippen LogP contribution in [-0.4, -0.2) is 26.3 Å². The van der Waals surface area contributed by atoms with Gasteiger partial charge in [0.2, 0.25) is 0 Å². The summed E-state index contributed by atoms with van der Waals surface area (Å²) >= 11 is 0. The number of hydrogen-bond donors (Lipinski definition) is 1. The van der Waals surface area contributed by atoms with E-state index < -0.39 is 0 Å². The van der Waals surface area contributed by atoms with Gasteiger partial charge < -0.3 is 5.11 Å². The number of nitrogens with zero attached hydrogens (tertiary/aromatic N) is 3. The number of benzene rings is 2. The molecule has 0 amide bonds. The third kappa shape index (κ3) is 2.36. The number of fused-ring (bicyclic) bond motifs is 2. The lowest BCUT2D eigenvalue weighted by Crippen LogP contribution is -2.19. The van der Waals surface area contributed by atoms with Gasteiger partial charge in [-0.25, -0.2) is 0 Å². The molecule has 0 radical (unpaired) electrons. The minimum Gasteiger partial charge on any atom is -0.505 e. The molecule has 3 heterocycles. The number of aromatic hydroxyl groups is 1. The number of hydrogen-bond acceptors (Lipinski definition) is 4. The molecule has 1 aliphatic rings. The second kappa shape index (κ2) is 5.92. The van der Waals surface area contributed by atoms with Gasteiger partial charge in [-0.05, 0) is 35.9 Å². The van der Waals surface area contributed by atoms with Gasteiger partial charge in [0, 0.05) is 18.0 Å². The number of pyridine rings is 1. The van der Waals surface area contributed by atoms with Crippen LogP contribution in [0.1, 0.15) is 21.7 Å². The number of carbonyl (C=O) groups excluding carboxylic acids is 1. The van der Waals surface area contributed by atoms with Gasteiger partial charge in [0.1, 0.15) is 11.4 Å². The maximum absolute atomic E-state index is 13.3. The fraction of sp³-hybridized carbons (Fsp3) is 0.0455. The van der Waals surface area contributed by atoms with E-state index in [1.807, 2.05) is 42.5 Å². The summed E-state index contributed by atoms with van der Waals surface area (Å²) in [7, 11) is 0. The van der Waals surface area contributed by atoms with Crippen molar-refractivity contribution in [2.75, 3.05) is 0 Å². The molecular weight excluding hydrogens is 338 g/mol. The number of carbonyl (C=O) groups is 1. The number of rotatable bonds is 2. The molecular formula is C22H15N3O2. The Hall–Kier alpha value is -3.73. The molecule has 0 saturated heterocycles. The first-order chi connectivity index (χ1) is 13.2. The van der Waals surface area contributed by atoms with Crippen LogP contribution in [0.4, 0.5) is 5.69 Å². The van der Waals surface area contributed by atoms with Crippen LogP contribution < -0.4 is 0 Å². The van der Waals surface area contributed by atoms with Crippen LogP contribution in [0.25, 0.3) is 10.9 Å². The summed E-state index contributed by atoms with van der Waals surface area (Å²) < 4.78 is 1.53. The summed E-state index contributed by atoms with van der Waals surface area (Å²) in [5, 5.41) is 11.6. The average molecular weight is 353 g/mol. The lowest BCUT2D eigenvalue weighted by molar-refractivity contribution is 0.0959. The van der Waals surface area contributed by atoms with Gasteiger partial charge in [0.25, 0.3) is 5.91 Å². The molecule has 5 rings (SSSR count). The molecule has 27 heavy (non-hydrogen) atoms. The van der Waals surface area contributed by atoms with E-state index in [0.717, 1.165) is 11.3 Å². The van der Waals surface area contributed by atoms with E-state index in [9.17, 15) is 9.90 Å². The van der Waals surface area contributed by atoms with Crippen LogP contribution in [0.15, 0.2) is 77.9 Å². The Labute approximate surface area is 155 Å². The fourth-order valence-corrected chi connectivity index (χ4v) is 3.57. The normalized spacial score (nSPS) is 12.8. The lowest BCUT2D eigenvalue weighted by Gasteiger charge is -2.09. The van der Waals surface area contributed by atoms with Crippen molar-refractivity contribution >= 4 is 28.2 Å². The van der Waals surface area contributed by atoms with E-state index >= 15 is 0 Å². The molecule has 5 heteroatoms. The van der Waals surface area contributed by atoms with Crippen molar-refractivity contribution in [1.82, 2.24) is 9.55 Å². The van der Waals surface area contributed by atoms with Gasteiger partial charge in [-0.15, -0.1) is 0 Å². The second-order valence-corrected chi connectivity index (χ2v) is 6.43. The highest BCUT2D eigenvalue weighted by molar-refractivity contribution is 6.16. The average Bonchev–Trinajstić information content (AvgIpc) is 3.27. The van der Waals surface area contributed by atoms with Crippen molar-refractivity contribution in [1.29, 1.82) is 0 Å². The van der Waals surface area contributed by atoms with Crippen molar-refractivity contribution < 1.29 is 9.90 Å². The summed E-state index contributed by atoms with van der Waals surface area (Å²) in [6.45, 7) is 0. The third-order valence-corrected chi connectivity index (χ3v) is 4.81. The number of aromatic nitrogens is 2. The van der Waals surface area contributed by atoms with Crippen molar-refractivity contribution in [2.24, 2.45) is 4.99 Å². The summed E-state index contributed by atoms with van der Waals surface area (Å²) in [5.41, 5.74) is 4.01. The predicted octanol–water partition coefficient (Wildman–Crippen LogP) is 4.11. The molecule has 0 spiro atoms. The number of aliphatic imine (C=N–C) groups is 1. The van der Waals surface area contributed by atoms with Crippen molar-refractivity contribution in [2.45, 2.75) is 6.42 Å². The van der Waals surface area contributed by atoms with Crippen molar-refractivity contribution in [3.05, 3.63) is 89.9 Å². The van der Waals surface area contributed by atoms with E-state index in [1.165, 1.54) is 4.57 Å². The minimum absolute atomic E-state index is 0.0708. The summed E-state index contributed by atoms with van der Waals surface area (Å²) in [6.07, 6.45) is 2.15. The molecule has 2 aromatic carbocycles. The van der Waals surface area contributed by atoms with Gasteiger partial charge in [0.15, 0.2) is 5.75 Å². The monoisotopic (exact) mass is 353 g/mol. The molecule has 4 aromatic rings. The maximum Gasteiger partial charge on any atom is 0.281 e. The molecule has 0 fully saturated rings. The topological polar surface area (TPSA) is 67.5 Å². The highest BCUT2D eigenvalue weighted by Gasteiger charge is 2.28. The van der Waals surface area contributed by atoms with Crippen LogP contribution >= 0.6 is 0 Å². The molecule has 0 atom stereocenters. The zero-order valence-corrected chi connectivity index (χ0v) is 14.3. The minimum atomic E-state index is -0.291. The Morgan fingerprint density at radius 2 is 1.74 bits per heavy atom. The molecule has 1 aliphatic heterocycles. The Morgan fingerprint density at radius 1 is 0.963 bits per heavy atom. The Balaban J connectivity index is 1.76. The van der Waals surface area contributed by atoms with E-state index in [4.69, 9.17) is 0 Å². The lowest BCUT2D eigenvalue weighted by atomic mass is 10.1. The first-order valence-corrected chi connectivity index (χ1v) is 8.68. The second-order valence-electron chi connectivity index (χ2n) is 6.43. The largest absolute Gasteiger partial charge is 0.505 e. The SMILES string of the molecule is O=C(c1ccccn1)n1c(C2=Nc3ccccc3C2)c(O)c2ccccc21. The molecule has 1 N–H and O–H groups in total. The highest BCUT2D eigenvalue weighted by atomic mass is 16.3. The Bertz CT molecular complexity index is 1220. The third-order valence-electron chi connectivity index (χ3n) is 4.81. The molecule has 0 unspecified atom stereocenters. The van der Waals surface area contributed by atoms with Gasteiger partial charge in [0.05, 0.1) is 16.9 Å². The van der Waals surface area contributed by atoms with Gasteiger partial charge in [-0.3, -0.25) is 19.3 Å². The standard InChI is InChI=1S/C22H15N3O2/c26-21-15-8-2-4-11-19(15)25(22(27)17-10-5-6-12-23-17)20(21)18-13-14-7-1-3-9-16(14)24-18/h1-12,26H,13H2. The first kappa shape index (κ1) is 15.5. The summed E-state index contributed by atoms with van der Waals surface area (Å²) in [5.74, 6) is -0.220. The van der Waals surface area contributed by atoms with E-state index in [0.29, 0.717) is 34.4 Å². The van der Waals surface area contributed by atoms with Gasteiger partial charge >= 0.3 is 0 Å². The van der Waals surface area contributed by atoms with Gasteiger partial charge in [-0.2, -0.15) is 0 Å². The van der Waals surface area contributed by atoms with Crippen LogP contribution in [0.2, 0.25) is 0 Å². The van der Waals surface area contributed by atoms with Crippen LogP contribution in [0.5, 0.6) is 5.75 Å². The molecule has 130 valence electrons. The van der Waals surface area contributed by atoms with E-state index in [2.05, 4.69) is 9.98 Å². The van der Waals surface area contributed by atoms with Crippen molar-refractivity contribution in [3.8, 4) is 5.75 Å².